The first kappa shape index (κ1) is 20.2. The van der Waals surface area contributed by atoms with Crippen molar-refractivity contribution in [2.75, 3.05) is 6.54 Å². The van der Waals surface area contributed by atoms with Gasteiger partial charge in [-0.1, -0.05) is 18.2 Å². The van der Waals surface area contributed by atoms with Crippen molar-refractivity contribution in [1.82, 2.24) is 10.2 Å². The van der Waals surface area contributed by atoms with Gasteiger partial charge in [0.25, 0.3) is 11.8 Å². The SMILES string of the molecule is C[C@@H](OC(=O)CN1C(=O)Cc2ccccc2C1=O)C(=O)NC12CC3CC(CC(C3)C1)C2. The predicted molar refractivity (Wildman–Crippen MR) is 111 cm³/mol. The molecule has 1 atom stereocenters. The van der Waals surface area contributed by atoms with E-state index < -0.39 is 30.4 Å². The molecule has 0 radical (unpaired) electrons. The average molecular weight is 424 g/mol. The van der Waals surface area contributed by atoms with Gasteiger partial charge in [0.05, 0.1) is 6.42 Å². The van der Waals surface area contributed by atoms with Gasteiger partial charge in [-0.15, -0.1) is 0 Å². The van der Waals surface area contributed by atoms with Gasteiger partial charge in [0.2, 0.25) is 5.91 Å². The van der Waals surface area contributed by atoms with Crippen LogP contribution >= 0.6 is 0 Å². The minimum atomic E-state index is -0.970. The summed E-state index contributed by atoms with van der Waals surface area (Å²) in [4.78, 5) is 51.1. The molecule has 1 heterocycles. The molecule has 1 aliphatic heterocycles. The van der Waals surface area contributed by atoms with Crippen LogP contribution in [0, 0.1) is 17.8 Å². The highest BCUT2D eigenvalue weighted by Gasteiger charge is 2.51. The lowest BCUT2D eigenvalue weighted by Gasteiger charge is -2.57. The molecule has 4 saturated carbocycles. The van der Waals surface area contributed by atoms with E-state index in [0.717, 1.165) is 24.2 Å². The molecular formula is C24H28N2O5. The van der Waals surface area contributed by atoms with Crippen LogP contribution in [0.1, 0.15) is 61.4 Å². The van der Waals surface area contributed by atoms with Crippen LogP contribution in [0.2, 0.25) is 0 Å². The normalized spacial score (nSPS) is 31.9. The molecule has 1 N–H and O–H groups in total. The van der Waals surface area contributed by atoms with Crippen LogP contribution in [0.5, 0.6) is 0 Å². The number of esters is 1. The van der Waals surface area contributed by atoms with Crippen molar-refractivity contribution >= 4 is 23.7 Å². The second-order valence-corrected chi connectivity index (χ2v) is 9.94. The molecule has 7 nitrogen and oxygen atoms in total. The number of amides is 3. The van der Waals surface area contributed by atoms with E-state index in [4.69, 9.17) is 4.74 Å². The molecule has 164 valence electrons. The fourth-order valence-corrected chi connectivity index (χ4v) is 6.60. The predicted octanol–water partition coefficient (Wildman–Crippen LogP) is 2.23. The number of carbonyl (C=O) groups is 4. The fraction of sp³-hybridized carbons (Fsp3) is 0.583. The van der Waals surface area contributed by atoms with Crippen molar-refractivity contribution in [3.8, 4) is 0 Å². The van der Waals surface area contributed by atoms with Crippen molar-refractivity contribution in [3.05, 3.63) is 35.4 Å². The van der Waals surface area contributed by atoms with Crippen LogP contribution in [0.3, 0.4) is 0 Å². The Kier molecular flexibility index (Phi) is 4.87. The maximum atomic E-state index is 12.8. The Hall–Kier alpha value is -2.70. The summed E-state index contributed by atoms with van der Waals surface area (Å²) in [6, 6.07) is 6.87. The second kappa shape index (κ2) is 7.46. The third-order valence-electron chi connectivity index (χ3n) is 7.53. The molecule has 4 fully saturated rings. The molecule has 0 unspecified atom stereocenters. The van der Waals surface area contributed by atoms with Gasteiger partial charge < -0.3 is 10.1 Å². The van der Waals surface area contributed by atoms with Crippen LogP contribution < -0.4 is 5.32 Å². The van der Waals surface area contributed by atoms with Gasteiger partial charge >= 0.3 is 5.97 Å². The Morgan fingerprint density at radius 1 is 1.10 bits per heavy atom. The number of fused-ring (bicyclic) bond motifs is 1. The van der Waals surface area contributed by atoms with Gasteiger partial charge in [-0.3, -0.25) is 24.1 Å². The first-order valence-corrected chi connectivity index (χ1v) is 11.3. The number of carbonyl (C=O) groups excluding carboxylic acids is 4. The quantitative estimate of drug-likeness (QED) is 0.578. The van der Waals surface area contributed by atoms with Crippen molar-refractivity contribution in [2.45, 2.75) is 63.5 Å². The zero-order valence-corrected chi connectivity index (χ0v) is 17.8. The van der Waals surface area contributed by atoms with E-state index >= 15 is 0 Å². The monoisotopic (exact) mass is 424 g/mol. The number of hydrogen-bond acceptors (Lipinski definition) is 5. The largest absolute Gasteiger partial charge is 0.451 e. The molecule has 0 saturated heterocycles. The maximum absolute atomic E-state index is 12.8. The third-order valence-corrected chi connectivity index (χ3v) is 7.53. The van der Waals surface area contributed by atoms with Gasteiger partial charge in [0, 0.05) is 11.1 Å². The summed E-state index contributed by atoms with van der Waals surface area (Å²) >= 11 is 0. The highest BCUT2D eigenvalue weighted by molar-refractivity contribution is 6.11. The lowest BCUT2D eigenvalue weighted by molar-refractivity contribution is -0.158. The molecule has 7 heteroatoms. The van der Waals surface area contributed by atoms with Crippen molar-refractivity contribution in [1.29, 1.82) is 0 Å². The van der Waals surface area contributed by atoms with E-state index in [-0.39, 0.29) is 17.9 Å². The van der Waals surface area contributed by atoms with Crippen LogP contribution in [0.25, 0.3) is 0 Å². The second-order valence-electron chi connectivity index (χ2n) is 9.94. The topological polar surface area (TPSA) is 92.8 Å². The van der Waals surface area contributed by atoms with E-state index in [1.54, 1.807) is 31.2 Å². The van der Waals surface area contributed by atoms with E-state index in [9.17, 15) is 19.2 Å². The van der Waals surface area contributed by atoms with Crippen LogP contribution in [0.4, 0.5) is 0 Å². The average Bonchev–Trinajstić information content (AvgIpc) is 2.69. The third kappa shape index (κ3) is 3.75. The van der Waals surface area contributed by atoms with Crippen LogP contribution in [-0.4, -0.2) is 46.8 Å². The Morgan fingerprint density at radius 2 is 1.71 bits per heavy atom. The summed E-state index contributed by atoms with van der Waals surface area (Å²) in [6.45, 7) is 1.06. The lowest BCUT2D eigenvalue weighted by Crippen LogP contribution is -2.61. The number of hydrogen-bond donors (Lipinski definition) is 1. The van der Waals surface area contributed by atoms with E-state index in [0.29, 0.717) is 28.9 Å². The number of imide groups is 1. The van der Waals surface area contributed by atoms with E-state index in [2.05, 4.69) is 5.32 Å². The molecular weight excluding hydrogens is 396 g/mol. The van der Waals surface area contributed by atoms with Crippen LogP contribution in [-0.2, 0) is 25.5 Å². The lowest BCUT2D eigenvalue weighted by atomic mass is 9.53. The molecule has 1 aromatic carbocycles. The number of benzene rings is 1. The molecule has 31 heavy (non-hydrogen) atoms. The highest BCUT2D eigenvalue weighted by atomic mass is 16.5. The Labute approximate surface area is 181 Å². The van der Waals surface area contributed by atoms with Crippen molar-refractivity contribution < 1.29 is 23.9 Å². The Morgan fingerprint density at radius 3 is 2.35 bits per heavy atom. The minimum Gasteiger partial charge on any atom is -0.451 e. The first-order chi connectivity index (χ1) is 14.8. The standard InChI is InChI=1S/C24H28N2O5/c1-14(22(29)25-24-10-15-6-16(11-24)8-17(7-15)12-24)31-21(28)13-26-20(27)9-18-4-2-3-5-19(18)23(26)30/h2-5,14-17H,6-13H2,1H3,(H,25,29)/t14-,15?,16?,17?,24?/m1/s1. The molecule has 0 aromatic heterocycles. The number of rotatable bonds is 5. The van der Waals surface area contributed by atoms with E-state index in [1.165, 1.54) is 19.3 Å². The van der Waals surface area contributed by atoms with Gasteiger partial charge in [-0.05, 0) is 74.8 Å². The van der Waals surface area contributed by atoms with E-state index in [1.807, 2.05) is 0 Å². The highest BCUT2D eigenvalue weighted by Crippen LogP contribution is 2.55. The zero-order valence-electron chi connectivity index (χ0n) is 17.8. The summed E-state index contributed by atoms with van der Waals surface area (Å²) < 4.78 is 5.32. The molecule has 1 aromatic rings. The Bertz CT molecular complexity index is 920. The smallest absolute Gasteiger partial charge is 0.326 e. The summed E-state index contributed by atoms with van der Waals surface area (Å²) in [5.41, 5.74) is 0.919. The zero-order chi connectivity index (χ0) is 21.8. The van der Waals surface area contributed by atoms with Gasteiger partial charge in [-0.2, -0.15) is 0 Å². The summed E-state index contributed by atoms with van der Waals surface area (Å²) in [7, 11) is 0. The van der Waals surface area contributed by atoms with Crippen molar-refractivity contribution in [2.24, 2.45) is 17.8 Å². The van der Waals surface area contributed by atoms with Gasteiger partial charge in [0.15, 0.2) is 6.10 Å². The summed E-state index contributed by atoms with van der Waals surface area (Å²) in [5.74, 6) is 0.0993. The summed E-state index contributed by atoms with van der Waals surface area (Å²) in [5, 5.41) is 3.20. The first-order valence-electron chi connectivity index (χ1n) is 11.3. The van der Waals surface area contributed by atoms with Gasteiger partial charge in [-0.25, -0.2) is 0 Å². The number of nitrogens with one attached hydrogen (secondary N) is 1. The molecule has 5 aliphatic rings. The van der Waals surface area contributed by atoms with Crippen LogP contribution in [0.15, 0.2) is 24.3 Å². The summed E-state index contributed by atoms with van der Waals surface area (Å²) in [6.07, 6.45) is 5.98. The Balaban J connectivity index is 1.19. The fourth-order valence-electron chi connectivity index (χ4n) is 6.60. The van der Waals surface area contributed by atoms with Crippen molar-refractivity contribution in [3.63, 3.8) is 0 Å². The number of ether oxygens (including phenoxy) is 1. The molecule has 0 spiro atoms. The van der Waals surface area contributed by atoms with Gasteiger partial charge in [0.1, 0.15) is 6.54 Å². The maximum Gasteiger partial charge on any atom is 0.326 e. The number of nitrogens with zero attached hydrogens (tertiary/aromatic N) is 1. The minimum absolute atomic E-state index is 0.0667. The molecule has 4 bridgehead atoms. The molecule has 4 aliphatic carbocycles. The molecule has 6 rings (SSSR count). The molecule has 3 amide bonds.